The topological polar surface area (TPSA) is 73.4 Å². The second-order valence-corrected chi connectivity index (χ2v) is 6.26. The summed E-state index contributed by atoms with van der Waals surface area (Å²) in [5.41, 5.74) is 0.894. The second-order valence-electron chi connectivity index (χ2n) is 5.90. The summed E-state index contributed by atoms with van der Waals surface area (Å²) in [6.07, 6.45) is 1.44. The van der Waals surface area contributed by atoms with E-state index < -0.39 is 5.82 Å². The van der Waals surface area contributed by atoms with E-state index in [1.54, 1.807) is 25.2 Å². The van der Waals surface area contributed by atoms with Crippen LogP contribution in [0.25, 0.3) is 0 Å². The largest absolute Gasteiger partial charge is 0.383 e. The maximum atomic E-state index is 13.6. The van der Waals surface area contributed by atoms with Crippen LogP contribution in [0.5, 0.6) is 0 Å². The summed E-state index contributed by atoms with van der Waals surface area (Å²) in [6, 6.07) is 6.14. The average molecular weight is 379 g/mol. The molecule has 0 spiro atoms. The van der Waals surface area contributed by atoms with Crippen LogP contribution < -0.4 is 15.5 Å². The van der Waals surface area contributed by atoms with Crippen LogP contribution in [0.2, 0.25) is 5.15 Å². The van der Waals surface area contributed by atoms with Gasteiger partial charge in [-0.1, -0.05) is 23.7 Å². The van der Waals surface area contributed by atoms with E-state index in [2.05, 4.69) is 25.5 Å². The number of para-hydroxylation sites is 1. The molecule has 0 atom stereocenters. The van der Waals surface area contributed by atoms with Gasteiger partial charge in [0.1, 0.15) is 17.8 Å². The lowest BCUT2D eigenvalue weighted by Crippen LogP contribution is -2.49. The minimum absolute atomic E-state index is 0.199. The average Bonchev–Trinajstić information content (AvgIpc) is 2.64. The number of piperazine rings is 1. The summed E-state index contributed by atoms with van der Waals surface area (Å²) < 4.78 is 13.6. The molecule has 2 N–H and O–H groups in total. The first kappa shape index (κ1) is 18.3. The summed E-state index contributed by atoms with van der Waals surface area (Å²) in [4.78, 5) is 24.6. The number of amides is 1. The Morgan fingerprint density at radius 1 is 1.23 bits per heavy atom. The van der Waals surface area contributed by atoms with Crippen molar-refractivity contribution in [3.05, 3.63) is 41.6 Å². The summed E-state index contributed by atoms with van der Waals surface area (Å²) >= 11 is 6.10. The lowest BCUT2D eigenvalue weighted by atomic mass is 10.2. The molecule has 138 valence electrons. The molecule has 1 aromatic carbocycles. The summed E-state index contributed by atoms with van der Waals surface area (Å²) in [5, 5.41) is 6.01. The first-order valence-electron chi connectivity index (χ1n) is 8.28. The molecule has 0 saturated carbocycles. The van der Waals surface area contributed by atoms with Crippen LogP contribution in [0.15, 0.2) is 30.6 Å². The van der Waals surface area contributed by atoms with Gasteiger partial charge in [-0.3, -0.25) is 9.69 Å². The van der Waals surface area contributed by atoms with E-state index >= 15 is 0 Å². The predicted molar refractivity (Wildman–Crippen MR) is 100 cm³/mol. The van der Waals surface area contributed by atoms with Crippen molar-refractivity contribution in [2.75, 3.05) is 55.3 Å². The Morgan fingerprint density at radius 3 is 2.65 bits per heavy atom. The molecular weight excluding hydrogens is 359 g/mol. The summed E-state index contributed by atoms with van der Waals surface area (Å²) in [5.74, 6) is 0.0819. The van der Waals surface area contributed by atoms with Gasteiger partial charge in [-0.25, -0.2) is 14.4 Å². The SMILES string of the molecule is CNc1c(Cl)ncnc1N1CCN(CC(=O)Nc2ccccc2F)CC1. The van der Waals surface area contributed by atoms with E-state index in [1.807, 2.05) is 4.90 Å². The maximum absolute atomic E-state index is 13.6. The van der Waals surface area contributed by atoms with Crippen LogP contribution in [0.4, 0.5) is 21.6 Å². The molecule has 1 fully saturated rings. The normalized spacial score (nSPS) is 15.0. The molecule has 3 rings (SSSR count). The Morgan fingerprint density at radius 2 is 1.96 bits per heavy atom. The molecule has 0 bridgehead atoms. The fourth-order valence-corrected chi connectivity index (χ4v) is 3.11. The standard InChI is InChI=1S/C17H20ClFN6O/c1-20-15-16(18)21-11-22-17(15)25-8-6-24(7-9-25)10-14(26)23-13-5-3-2-4-12(13)19/h2-5,11,20H,6-10H2,1H3,(H,23,26). The van der Waals surface area contributed by atoms with Gasteiger partial charge in [0, 0.05) is 33.2 Å². The van der Waals surface area contributed by atoms with E-state index in [9.17, 15) is 9.18 Å². The lowest BCUT2D eigenvalue weighted by molar-refractivity contribution is -0.117. The van der Waals surface area contributed by atoms with Gasteiger partial charge in [0.2, 0.25) is 5.91 Å². The van der Waals surface area contributed by atoms with Crippen molar-refractivity contribution in [3.8, 4) is 0 Å². The number of aromatic nitrogens is 2. The third-order valence-electron chi connectivity index (χ3n) is 4.22. The van der Waals surface area contributed by atoms with E-state index in [-0.39, 0.29) is 18.1 Å². The molecule has 0 aliphatic carbocycles. The Hall–Kier alpha value is -2.45. The predicted octanol–water partition coefficient (Wildman–Crippen LogP) is 2.07. The number of carbonyl (C=O) groups is 1. The number of carbonyl (C=O) groups excluding carboxylic acids is 1. The highest BCUT2D eigenvalue weighted by Gasteiger charge is 2.23. The zero-order chi connectivity index (χ0) is 18.5. The highest BCUT2D eigenvalue weighted by atomic mass is 35.5. The Bertz CT molecular complexity index is 782. The first-order valence-corrected chi connectivity index (χ1v) is 8.66. The molecule has 1 aromatic heterocycles. The third-order valence-corrected chi connectivity index (χ3v) is 4.50. The fraction of sp³-hybridized carbons (Fsp3) is 0.353. The Labute approximate surface area is 156 Å². The number of rotatable bonds is 5. The van der Waals surface area contributed by atoms with Crippen LogP contribution in [0.1, 0.15) is 0 Å². The van der Waals surface area contributed by atoms with Crippen molar-refractivity contribution in [3.63, 3.8) is 0 Å². The summed E-state index contributed by atoms with van der Waals surface area (Å²) in [6.45, 7) is 3.00. The third kappa shape index (κ3) is 4.20. The van der Waals surface area contributed by atoms with Crippen molar-refractivity contribution < 1.29 is 9.18 Å². The number of nitrogens with zero attached hydrogens (tertiary/aromatic N) is 4. The number of anilines is 3. The minimum atomic E-state index is -0.439. The van der Waals surface area contributed by atoms with Crippen LogP contribution >= 0.6 is 11.6 Å². The molecule has 1 amide bonds. The zero-order valence-corrected chi connectivity index (χ0v) is 15.1. The first-order chi connectivity index (χ1) is 12.6. The van der Waals surface area contributed by atoms with Crippen LogP contribution in [-0.4, -0.2) is 60.5 Å². The molecule has 2 heterocycles. The van der Waals surface area contributed by atoms with Crippen LogP contribution in [-0.2, 0) is 4.79 Å². The van der Waals surface area contributed by atoms with Crippen molar-refractivity contribution in [1.82, 2.24) is 14.9 Å². The van der Waals surface area contributed by atoms with E-state index in [1.165, 1.54) is 12.4 Å². The molecule has 2 aromatic rings. The van der Waals surface area contributed by atoms with Gasteiger partial charge < -0.3 is 15.5 Å². The smallest absolute Gasteiger partial charge is 0.238 e. The fourth-order valence-electron chi connectivity index (χ4n) is 2.88. The summed E-state index contributed by atoms with van der Waals surface area (Å²) in [7, 11) is 1.78. The zero-order valence-electron chi connectivity index (χ0n) is 14.4. The maximum Gasteiger partial charge on any atom is 0.238 e. The van der Waals surface area contributed by atoms with Crippen LogP contribution in [0, 0.1) is 5.82 Å². The molecular formula is C17H20ClFN6O. The number of benzene rings is 1. The van der Waals surface area contributed by atoms with Gasteiger partial charge in [0.05, 0.1) is 12.2 Å². The van der Waals surface area contributed by atoms with Crippen molar-refractivity contribution >= 4 is 34.7 Å². The van der Waals surface area contributed by atoms with Crippen molar-refractivity contribution in [2.24, 2.45) is 0 Å². The molecule has 1 aliphatic rings. The highest BCUT2D eigenvalue weighted by Crippen LogP contribution is 2.29. The number of nitrogens with one attached hydrogen (secondary N) is 2. The number of halogens is 2. The van der Waals surface area contributed by atoms with E-state index in [0.717, 1.165) is 5.82 Å². The van der Waals surface area contributed by atoms with Gasteiger partial charge in [-0.2, -0.15) is 0 Å². The molecule has 0 radical (unpaired) electrons. The van der Waals surface area contributed by atoms with Gasteiger partial charge in [0.15, 0.2) is 11.0 Å². The van der Waals surface area contributed by atoms with Gasteiger partial charge in [0.25, 0.3) is 0 Å². The Balaban J connectivity index is 1.55. The van der Waals surface area contributed by atoms with E-state index in [4.69, 9.17) is 11.6 Å². The molecule has 7 nitrogen and oxygen atoms in total. The lowest BCUT2D eigenvalue weighted by Gasteiger charge is -2.35. The minimum Gasteiger partial charge on any atom is -0.383 e. The highest BCUT2D eigenvalue weighted by molar-refractivity contribution is 6.32. The molecule has 0 unspecified atom stereocenters. The second kappa shape index (κ2) is 8.29. The van der Waals surface area contributed by atoms with Crippen molar-refractivity contribution in [1.29, 1.82) is 0 Å². The van der Waals surface area contributed by atoms with Crippen molar-refractivity contribution in [2.45, 2.75) is 0 Å². The van der Waals surface area contributed by atoms with Gasteiger partial charge in [-0.05, 0) is 12.1 Å². The Kier molecular flexibility index (Phi) is 5.85. The quantitative estimate of drug-likeness (QED) is 0.776. The molecule has 9 heteroatoms. The monoisotopic (exact) mass is 378 g/mol. The molecule has 1 aliphatic heterocycles. The molecule has 26 heavy (non-hydrogen) atoms. The van der Waals surface area contributed by atoms with Crippen LogP contribution in [0.3, 0.4) is 0 Å². The van der Waals surface area contributed by atoms with Gasteiger partial charge in [-0.15, -0.1) is 0 Å². The molecule has 1 saturated heterocycles. The van der Waals surface area contributed by atoms with Gasteiger partial charge >= 0.3 is 0 Å². The van der Waals surface area contributed by atoms with E-state index in [0.29, 0.717) is 37.0 Å². The number of hydrogen-bond acceptors (Lipinski definition) is 6. The number of hydrogen-bond donors (Lipinski definition) is 2.